The lowest BCUT2D eigenvalue weighted by molar-refractivity contribution is 0.0697. The minimum absolute atomic E-state index is 0.129. The van der Waals surface area contributed by atoms with Crippen LogP contribution in [0.3, 0.4) is 0 Å². The number of carbonyl (C=O) groups is 1. The standard InChI is InChI=1S/C12H13N3O3/c1-7-3-4-9(12(16)17)11(15-7)14-6-10-13-5-8(2)18-10/h3-5H,6H2,1-2H3,(H,14,15)(H,16,17). The van der Waals surface area contributed by atoms with Gasteiger partial charge in [0, 0.05) is 5.69 Å². The molecule has 0 unspecified atom stereocenters. The van der Waals surface area contributed by atoms with Crippen LogP contribution in [0.5, 0.6) is 0 Å². The Morgan fingerprint density at radius 3 is 2.83 bits per heavy atom. The van der Waals surface area contributed by atoms with Gasteiger partial charge in [-0.3, -0.25) is 0 Å². The quantitative estimate of drug-likeness (QED) is 0.859. The van der Waals surface area contributed by atoms with Crippen LogP contribution >= 0.6 is 0 Å². The Balaban J connectivity index is 2.17. The fourth-order valence-corrected chi connectivity index (χ4v) is 1.51. The van der Waals surface area contributed by atoms with Crippen LogP contribution in [0.4, 0.5) is 5.82 Å². The van der Waals surface area contributed by atoms with Crippen LogP contribution in [0, 0.1) is 13.8 Å². The summed E-state index contributed by atoms with van der Waals surface area (Å²) >= 11 is 0. The predicted octanol–water partition coefficient (Wildman–Crippen LogP) is 2.00. The van der Waals surface area contributed by atoms with Gasteiger partial charge in [-0.25, -0.2) is 14.8 Å². The normalized spacial score (nSPS) is 10.3. The van der Waals surface area contributed by atoms with Gasteiger partial charge >= 0.3 is 5.97 Å². The zero-order valence-electron chi connectivity index (χ0n) is 10.1. The van der Waals surface area contributed by atoms with Gasteiger partial charge in [-0.15, -0.1) is 0 Å². The molecule has 0 saturated heterocycles. The van der Waals surface area contributed by atoms with E-state index in [-0.39, 0.29) is 5.56 Å². The molecule has 2 N–H and O–H groups in total. The molecule has 18 heavy (non-hydrogen) atoms. The average Bonchev–Trinajstić information content (AvgIpc) is 2.72. The highest BCUT2D eigenvalue weighted by atomic mass is 16.4. The van der Waals surface area contributed by atoms with E-state index in [9.17, 15) is 4.79 Å². The second-order valence-electron chi connectivity index (χ2n) is 3.87. The topological polar surface area (TPSA) is 88.2 Å². The summed E-state index contributed by atoms with van der Waals surface area (Å²) in [5, 5.41) is 12.0. The van der Waals surface area contributed by atoms with Gasteiger partial charge < -0.3 is 14.8 Å². The molecular weight excluding hydrogens is 234 g/mol. The minimum Gasteiger partial charge on any atom is -0.478 e. The van der Waals surface area contributed by atoms with E-state index in [1.165, 1.54) is 6.07 Å². The summed E-state index contributed by atoms with van der Waals surface area (Å²) in [5.41, 5.74) is 0.870. The molecule has 0 bridgehead atoms. The molecule has 0 aliphatic heterocycles. The maximum atomic E-state index is 11.0. The van der Waals surface area contributed by atoms with Crippen molar-refractivity contribution in [1.82, 2.24) is 9.97 Å². The summed E-state index contributed by atoms with van der Waals surface area (Å²) in [6.07, 6.45) is 1.61. The van der Waals surface area contributed by atoms with Crippen LogP contribution in [-0.2, 0) is 6.54 Å². The first kappa shape index (κ1) is 12.1. The van der Waals surface area contributed by atoms with Crippen molar-refractivity contribution in [2.45, 2.75) is 20.4 Å². The van der Waals surface area contributed by atoms with Gasteiger partial charge in [-0.2, -0.15) is 0 Å². The number of nitrogens with one attached hydrogen (secondary N) is 1. The third kappa shape index (κ3) is 2.65. The van der Waals surface area contributed by atoms with E-state index in [4.69, 9.17) is 9.52 Å². The Bertz CT molecular complexity index is 578. The van der Waals surface area contributed by atoms with Crippen molar-refractivity contribution in [3.8, 4) is 0 Å². The third-order valence-electron chi connectivity index (χ3n) is 2.34. The molecule has 0 aromatic carbocycles. The number of nitrogens with zero attached hydrogens (tertiary/aromatic N) is 2. The molecule has 2 rings (SSSR count). The van der Waals surface area contributed by atoms with Crippen molar-refractivity contribution in [2.24, 2.45) is 0 Å². The number of carboxylic acid groups (broad SMARTS) is 1. The molecule has 0 amide bonds. The maximum Gasteiger partial charge on any atom is 0.339 e. The van der Waals surface area contributed by atoms with E-state index in [1.807, 2.05) is 0 Å². The summed E-state index contributed by atoms with van der Waals surface area (Å²) in [6.45, 7) is 3.89. The van der Waals surface area contributed by atoms with Crippen LogP contribution < -0.4 is 5.32 Å². The maximum absolute atomic E-state index is 11.0. The molecule has 0 atom stereocenters. The first-order chi connectivity index (χ1) is 8.56. The summed E-state index contributed by atoms with van der Waals surface area (Å²) < 4.78 is 5.29. The summed E-state index contributed by atoms with van der Waals surface area (Å²) in [4.78, 5) is 19.2. The zero-order chi connectivity index (χ0) is 13.1. The van der Waals surface area contributed by atoms with E-state index in [0.29, 0.717) is 24.0 Å². The molecule has 94 valence electrons. The number of carboxylic acids is 1. The highest BCUT2D eigenvalue weighted by molar-refractivity contribution is 5.93. The number of rotatable bonds is 4. The number of aromatic nitrogens is 2. The van der Waals surface area contributed by atoms with E-state index in [0.717, 1.165) is 5.69 Å². The number of aromatic carboxylic acids is 1. The van der Waals surface area contributed by atoms with Crippen molar-refractivity contribution < 1.29 is 14.3 Å². The molecule has 6 heteroatoms. The van der Waals surface area contributed by atoms with Gasteiger partial charge in [0.25, 0.3) is 0 Å². The summed E-state index contributed by atoms with van der Waals surface area (Å²) in [7, 11) is 0. The van der Waals surface area contributed by atoms with Gasteiger partial charge in [-0.05, 0) is 26.0 Å². The molecule has 2 aromatic heterocycles. The lowest BCUT2D eigenvalue weighted by atomic mass is 10.2. The second kappa shape index (κ2) is 4.87. The molecular formula is C12H13N3O3. The third-order valence-corrected chi connectivity index (χ3v) is 2.34. The van der Waals surface area contributed by atoms with Gasteiger partial charge in [0.05, 0.1) is 12.7 Å². The highest BCUT2D eigenvalue weighted by Crippen LogP contribution is 2.14. The summed E-state index contributed by atoms with van der Waals surface area (Å²) in [5.74, 6) is 0.501. The molecule has 0 spiro atoms. The van der Waals surface area contributed by atoms with E-state index >= 15 is 0 Å². The predicted molar refractivity (Wildman–Crippen MR) is 64.5 cm³/mol. The molecule has 6 nitrogen and oxygen atoms in total. The largest absolute Gasteiger partial charge is 0.478 e. The van der Waals surface area contributed by atoms with Gasteiger partial charge in [0.2, 0.25) is 5.89 Å². The fraction of sp³-hybridized carbons (Fsp3) is 0.250. The Kier molecular flexibility index (Phi) is 3.27. The van der Waals surface area contributed by atoms with Gasteiger partial charge in [0.1, 0.15) is 17.1 Å². The first-order valence-corrected chi connectivity index (χ1v) is 5.42. The molecule has 0 aliphatic rings. The van der Waals surface area contributed by atoms with Crippen LogP contribution in [0.15, 0.2) is 22.7 Å². The van der Waals surface area contributed by atoms with Crippen molar-refractivity contribution in [2.75, 3.05) is 5.32 Å². The number of oxazole rings is 1. The van der Waals surface area contributed by atoms with Crippen molar-refractivity contribution >= 4 is 11.8 Å². The fourth-order valence-electron chi connectivity index (χ4n) is 1.51. The van der Waals surface area contributed by atoms with Crippen molar-refractivity contribution in [3.63, 3.8) is 0 Å². The average molecular weight is 247 g/mol. The lowest BCUT2D eigenvalue weighted by Gasteiger charge is -2.07. The van der Waals surface area contributed by atoms with Crippen LogP contribution in [0.2, 0.25) is 0 Å². The Labute approximate surface area is 104 Å². The van der Waals surface area contributed by atoms with Crippen LogP contribution in [0.1, 0.15) is 27.7 Å². The molecule has 0 radical (unpaired) electrons. The van der Waals surface area contributed by atoms with Crippen LogP contribution in [-0.4, -0.2) is 21.0 Å². The Morgan fingerprint density at radius 2 is 2.22 bits per heavy atom. The van der Waals surface area contributed by atoms with Crippen molar-refractivity contribution in [3.05, 3.63) is 41.2 Å². The van der Waals surface area contributed by atoms with Crippen LogP contribution in [0.25, 0.3) is 0 Å². The monoisotopic (exact) mass is 247 g/mol. The van der Waals surface area contributed by atoms with E-state index in [1.54, 1.807) is 26.1 Å². The van der Waals surface area contributed by atoms with E-state index < -0.39 is 5.97 Å². The zero-order valence-corrected chi connectivity index (χ0v) is 10.1. The molecule has 2 heterocycles. The number of aryl methyl sites for hydroxylation is 2. The number of pyridine rings is 1. The van der Waals surface area contributed by atoms with Gasteiger partial charge in [0.15, 0.2) is 0 Å². The minimum atomic E-state index is -1.02. The van der Waals surface area contributed by atoms with E-state index in [2.05, 4.69) is 15.3 Å². The highest BCUT2D eigenvalue weighted by Gasteiger charge is 2.12. The molecule has 0 aliphatic carbocycles. The SMILES string of the molecule is Cc1ccc(C(=O)O)c(NCc2ncc(C)o2)n1. The Hall–Kier alpha value is -2.37. The van der Waals surface area contributed by atoms with Gasteiger partial charge in [-0.1, -0.05) is 0 Å². The lowest BCUT2D eigenvalue weighted by Crippen LogP contribution is -2.09. The molecule has 2 aromatic rings. The summed E-state index contributed by atoms with van der Waals surface area (Å²) in [6, 6.07) is 3.18. The first-order valence-electron chi connectivity index (χ1n) is 5.42. The Morgan fingerprint density at radius 1 is 1.44 bits per heavy atom. The molecule has 0 fully saturated rings. The number of hydrogen-bond acceptors (Lipinski definition) is 5. The second-order valence-corrected chi connectivity index (χ2v) is 3.87. The number of anilines is 1. The van der Waals surface area contributed by atoms with Crippen molar-refractivity contribution in [1.29, 1.82) is 0 Å². The number of hydrogen-bond donors (Lipinski definition) is 2. The smallest absolute Gasteiger partial charge is 0.339 e. The molecule has 0 saturated carbocycles.